The van der Waals surface area contributed by atoms with E-state index < -0.39 is 11.9 Å². The van der Waals surface area contributed by atoms with Crippen molar-refractivity contribution in [1.29, 1.82) is 0 Å². The number of amides is 1. The number of carbonyl (C=O) groups is 1. The van der Waals surface area contributed by atoms with Crippen LogP contribution in [0.3, 0.4) is 0 Å². The molecule has 0 saturated carbocycles. The Morgan fingerprint density at radius 2 is 1.91 bits per heavy atom. The molecule has 1 saturated heterocycles. The van der Waals surface area contributed by atoms with Gasteiger partial charge in [0.05, 0.1) is 36.0 Å². The number of rotatable bonds is 5. The van der Waals surface area contributed by atoms with Gasteiger partial charge in [-0.15, -0.1) is 0 Å². The third kappa shape index (κ3) is 4.63. The molecule has 33 heavy (non-hydrogen) atoms. The summed E-state index contributed by atoms with van der Waals surface area (Å²) in [5.41, 5.74) is 7.87. The fraction of sp³-hybridized carbons (Fsp3) is 0.333. The Kier molecular flexibility index (Phi) is 6.24. The Balaban J connectivity index is 1.86. The number of nitrogen functional groups attached to an aromatic ring is 1. The van der Waals surface area contributed by atoms with E-state index in [4.69, 9.17) is 14.9 Å². The van der Waals surface area contributed by atoms with Crippen molar-refractivity contribution in [3.05, 3.63) is 63.6 Å². The lowest BCUT2D eigenvalue weighted by atomic mass is 9.99. The number of morpholine rings is 1. The summed E-state index contributed by atoms with van der Waals surface area (Å²) in [5.74, 6) is -0.227. The van der Waals surface area contributed by atoms with E-state index in [9.17, 15) is 14.0 Å². The third-order valence-electron chi connectivity index (χ3n) is 5.67. The minimum absolute atomic E-state index is 0.243. The van der Waals surface area contributed by atoms with Crippen LogP contribution in [0.4, 0.5) is 21.6 Å². The number of anilines is 3. The number of halogens is 1. The van der Waals surface area contributed by atoms with Gasteiger partial charge in [-0.3, -0.25) is 9.59 Å². The van der Waals surface area contributed by atoms with E-state index in [2.05, 4.69) is 5.32 Å². The average molecular weight is 455 g/mol. The number of nitrogens with zero attached hydrogens (tertiary/aromatic N) is 2. The van der Waals surface area contributed by atoms with Crippen LogP contribution in [0, 0.1) is 5.82 Å². The molecule has 1 atom stereocenters. The fourth-order valence-electron chi connectivity index (χ4n) is 3.88. The van der Waals surface area contributed by atoms with Crippen LogP contribution >= 0.6 is 0 Å². The number of ether oxygens (including phenoxy) is 1. The first kappa shape index (κ1) is 22.6. The van der Waals surface area contributed by atoms with Crippen molar-refractivity contribution in [2.24, 2.45) is 0 Å². The second kappa shape index (κ2) is 9.11. The molecule has 8 nitrogen and oxygen atoms in total. The summed E-state index contributed by atoms with van der Waals surface area (Å²) in [6, 6.07) is 8.32. The van der Waals surface area contributed by atoms with Gasteiger partial charge in [0.25, 0.3) is 5.91 Å². The maximum absolute atomic E-state index is 13.8. The quantitative estimate of drug-likeness (QED) is 0.571. The molecule has 0 spiro atoms. The van der Waals surface area contributed by atoms with Crippen LogP contribution in [0.15, 0.2) is 45.6 Å². The summed E-state index contributed by atoms with van der Waals surface area (Å²) in [6.45, 7) is 4.14. The number of fused-ring (bicyclic) bond motifs is 1. The molecule has 3 N–H and O–H groups in total. The Morgan fingerprint density at radius 3 is 2.61 bits per heavy atom. The molecule has 3 aromatic rings. The van der Waals surface area contributed by atoms with Gasteiger partial charge in [-0.1, -0.05) is 0 Å². The third-order valence-corrected chi connectivity index (χ3v) is 5.67. The molecule has 0 bridgehead atoms. The summed E-state index contributed by atoms with van der Waals surface area (Å²) < 4.78 is 25.4. The van der Waals surface area contributed by atoms with E-state index in [0.29, 0.717) is 65.7 Å². The van der Waals surface area contributed by atoms with E-state index in [0.717, 1.165) is 0 Å². The average Bonchev–Trinajstić information content (AvgIpc) is 2.80. The van der Waals surface area contributed by atoms with E-state index in [-0.39, 0.29) is 11.3 Å². The molecule has 2 aromatic carbocycles. The van der Waals surface area contributed by atoms with Crippen molar-refractivity contribution in [3.8, 4) is 0 Å². The topological polar surface area (TPSA) is 101 Å². The highest BCUT2D eigenvalue weighted by molar-refractivity contribution is 5.98. The van der Waals surface area contributed by atoms with Crippen molar-refractivity contribution in [3.63, 3.8) is 0 Å². The van der Waals surface area contributed by atoms with Crippen molar-refractivity contribution >= 4 is 34.1 Å². The standard InChI is InChI=1S/C24H27FN4O4/c1-14(27-20-12-16(25)4-5-19(20)26)17-10-15(24(31)28(2)3)11-18-21(30)13-22(33-23(17)18)29-6-8-32-9-7-29/h4-5,10-14,27H,6-9,26H2,1-3H3. The Hall–Kier alpha value is -3.59. The lowest BCUT2D eigenvalue weighted by Gasteiger charge is -2.27. The lowest BCUT2D eigenvalue weighted by Crippen LogP contribution is -2.36. The number of carbonyl (C=O) groups excluding carboxylic acids is 1. The van der Waals surface area contributed by atoms with E-state index in [1.807, 2.05) is 11.8 Å². The minimum atomic E-state index is -0.449. The van der Waals surface area contributed by atoms with Gasteiger partial charge >= 0.3 is 0 Å². The molecule has 1 aromatic heterocycles. The highest BCUT2D eigenvalue weighted by Crippen LogP contribution is 2.32. The van der Waals surface area contributed by atoms with Gasteiger partial charge in [0.15, 0.2) is 11.3 Å². The Labute approximate surface area is 190 Å². The first-order valence-corrected chi connectivity index (χ1v) is 10.7. The van der Waals surface area contributed by atoms with E-state index >= 15 is 0 Å². The van der Waals surface area contributed by atoms with E-state index in [1.165, 1.54) is 29.2 Å². The molecule has 9 heteroatoms. The Bertz CT molecular complexity index is 1250. The normalized spacial score (nSPS) is 14.8. The van der Waals surface area contributed by atoms with Gasteiger partial charge in [-0.25, -0.2) is 4.39 Å². The highest BCUT2D eigenvalue weighted by Gasteiger charge is 2.22. The van der Waals surface area contributed by atoms with Crippen molar-refractivity contribution in [1.82, 2.24) is 4.90 Å². The van der Waals surface area contributed by atoms with Gasteiger partial charge < -0.3 is 30.0 Å². The smallest absolute Gasteiger partial charge is 0.253 e. The predicted molar refractivity (Wildman–Crippen MR) is 126 cm³/mol. The van der Waals surface area contributed by atoms with Crippen LogP contribution in [0.5, 0.6) is 0 Å². The minimum Gasteiger partial charge on any atom is -0.440 e. The zero-order valence-electron chi connectivity index (χ0n) is 18.9. The molecular weight excluding hydrogens is 427 g/mol. The SMILES string of the molecule is CC(Nc1cc(F)ccc1N)c1cc(C(=O)N(C)C)cc2c(=O)cc(N3CCOCC3)oc12. The lowest BCUT2D eigenvalue weighted by molar-refractivity contribution is 0.0827. The van der Waals surface area contributed by atoms with E-state index in [1.54, 1.807) is 26.2 Å². The molecule has 0 aliphatic carbocycles. The number of benzene rings is 2. The van der Waals surface area contributed by atoms with Crippen LogP contribution in [0.2, 0.25) is 0 Å². The molecule has 1 fully saturated rings. The number of hydrogen-bond acceptors (Lipinski definition) is 7. The number of hydrogen-bond donors (Lipinski definition) is 2. The van der Waals surface area contributed by atoms with Crippen LogP contribution in [-0.2, 0) is 4.74 Å². The molecular formula is C24H27FN4O4. The molecule has 1 amide bonds. The molecule has 1 aliphatic rings. The second-order valence-corrected chi connectivity index (χ2v) is 8.29. The summed E-state index contributed by atoms with van der Waals surface area (Å²) in [5, 5.41) is 3.49. The molecule has 0 radical (unpaired) electrons. The van der Waals surface area contributed by atoms with Crippen LogP contribution in [-0.4, -0.2) is 51.2 Å². The first-order chi connectivity index (χ1) is 15.7. The molecule has 4 rings (SSSR count). The van der Waals surface area contributed by atoms with Crippen LogP contribution < -0.4 is 21.4 Å². The predicted octanol–water partition coefficient (Wildman–Crippen LogP) is 3.23. The maximum Gasteiger partial charge on any atom is 0.253 e. The van der Waals surface area contributed by atoms with Crippen molar-refractivity contribution in [2.75, 3.05) is 56.3 Å². The summed E-state index contributed by atoms with van der Waals surface area (Å²) in [7, 11) is 3.29. The highest BCUT2D eigenvalue weighted by atomic mass is 19.1. The monoisotopic (exact) mass is 454 g/mol. The van der Waals surface area contributed by atoms with Gasteiger partial charge in [0, 0.05) is 44.4 Å². The summed E-state index contributed by atoms with van der Waals surface area (Å²) in [4.78, 5) is 29.2. The molecule has 1 unspecified atom stereocenters. The van der Waals surface area contributed by atoms with Crippen molar-refractivity contribution in [2.45, 2.75) is 13.0 Å². The summed E-state index contributed by atoms with van der Waals surface area (Å²) in [6.07, 6.45) is 0. The maximum atomic E-state index is 13.8. The Morgan fingerprint density at radius 1 is 1.18 bits per heavy atom. The fourth-order valence-corrected chi connectivity index (χ4v) is 3.88. The van der Waals surface area contributed by atoms with Gasteiger partial charge in [0.2, 0.25) is 0 Å². The van der Waals surface area contributed by atoms with Crippen LogP contribution in [0.1, 0.15) is 28.9 Å². The van der Waals surface area contributed by atoms with Crippen LogP contribution in [0.25, 0.3) is 11.0 Å². The second-order valence-electron chi connectivity index (χ2n) is 8.29. The zero-order chi connectivity index (χ0) is 23.7. The molecule has 2 heterocycles. The molecule has 1 aliphatic heterocycles. The van der Waals surface area contributed by atoms with Gasteiger partial charge in [-0.2, -0.15) is 0 Å². The summed E-state index contributed by atoms with van der Waals surface area (Å²) >= 11 is 0. The first-order valence-electron chi connectivity index (χ1n) is 10.7. The zero-order valence-corrected chi connectivity index (χ0v) is 18.9. The number of nitrogens with one attached hydrogen (secondary N) is 1. The molecule has 174 valence electrons. The number of nitrogens with two attached hydrogens (primary N) is 1. The van der Waals surface area contributed by atoms with Crippen molar-refractivity contribution < 1.29 is 18.3 Å². The largest absolute Gasteiger partial charge is 0.440 e. The van der Waals surface area contributed by atoms with Gasteiger partial charge in [0.1, 0.15) is 11.4 Å². The van der Waals surface area contributed by atoms with Gasteiger partial charge in [-0.05, 0) is 37.3 Å².